The first kappa shape index (κ1) is 12.7. The molecule has 102 valence electrons. The lowest BCUT2D eigenvalue weighted by atomic mass is 9.81. The minimum Gasteiger partial charge on any atom is -0.488 e. The lowest BCUT2D eigenvalue weighted by Gasteiger charge is -2.28. The van der Waals surface area contributed by atoms with Crippen LogP contribution in [0.2, 0.25) is 0 Å². The summed E-state index contributed by atoms with van der Waals surface area (Å²) in [6.07, 6.45) is -0.398. The Bertz CT molecular complexity index is 616. The van der Waals surface area contributed by atoms with Gasteiger partial charge in [-0.3, -0.25) is 4.79 Å². The molecule has 2 aromatic rings. The predicted molar refractivity (Wildman–Crippen MR) is 72.5 cm³/mol. The molecule has 1 atom stereocenters. The van der Waals surface area contributed by atoms with Crippen molar-refractivity contribution in [3.63, 3.8) is 0 Å². The van der Waals surface area contributed by atoms with Crippen LogP contribution in [0.3, 0.4) is 0 Å². The first-order valence-corrected chi connectivity index (χ1v) is 6.36. The zero-order valence-corrected chi connectivity index (χ0v) is 10.7. The molecular weight excluding hydrogens is 256 g/mol. The summed E-state index contributed by atoms with van der Waals surface area (Å²) in [5.41, 5.74) is 0.308. The van der Waals surface area contributed by atoms with Gasteiger partial charge in [0.25, 0.3) is 0 Å². The van der Waals surface area contributed by atoms with Gasteiger partial charge in [0.05, 0.1) is 6.42 Å². The second-order valence-corrected chi connectivity index (χ2v) is 4.87. The summed E-state index contributed by atoms with van der Waals surface area (Å²) in [4.78, 5) is 11.2. The third-order valence-electron chi connectivity index (χ3n) is 3.59. The molecule has 0 aliphatic carbocycles. The van der Waals surface area contributed by atoms with Gasteiger partial charge in [-0.2, -0.15) is 0 Å². The minimum absolute atomic E-state index is 0.315. The van der Waals surface area contributed by atoms with Crippen LogP contribution in [0, 0.1) is 0 Å². The largest absolute Gasteiger partial charge is 0.488 e. The van der Waals surface area contributed by atoms with Crippen LogP contribution in [0.1, 0.15) is 23.1 Å². The van der Waals surface area contributed by atoms with E-state index in [0.29, 0.717) is 23.5 Å². The van der Waals surface area contributed by atoms with Gasteiger partial charge in [-0.05, 0) is 17.2 Å². The van der Waals surface area contributed by atoms with Crippen molar-refractivity contribution in [2.45, 2.75) is 18.6 Å². The number of carbonyl (C=O) groups is 1. The van der Waals surface area contributed by atoms with Gasteiger partial charge in [0.2, 0.25) is 0 Å². The van der Waals surface area contributed by atoms with Crippen LogP contribution in [0.5, 0.6) is 5.75 Å². The summed E-state index contributed by atoms with van der Waals surface area (Å²) in [6, 6.07) is 14.3. The quantitative estimate of drug-likeness (QED) is 0.878. The molecule has 0 saturated carbocycles. The summed E-state index contributed by atoms with van der Waals surface area (Å²) in [5.74, 6) is -0.536. The van der Waals surface area contributed by atoms with Crippen LogP contribution in [0.4, 0.5) is 0 Å². The number of fused-ring (bicyclic) bond motifs is 2. The molecule has 2 N–H and O–H groups in total. The summed E-state index contributed by atoms with van der Waals surface area (Å²) < 4.78 is 5.70. The molecule has 0 spiro atoms. The molecule has 0 amide bonds. The van der Waals surface area contributed by atoms with Gasteiger partial charge in [-0.15, -0.1) is 0 Å². The average Bonchev–Trinajstić information content (AvgIpc) is 2.55. The molecule has 0 bridgehead atoms. The molecule has 4 nitrogen and oxygen atoms in total. The highest BCUT2D eigenvalue weighted by Gasteiger charge is 2.39. The van der Waals surface area contributed by atoms with E-state index in [1.807, 2.05) is 12.1 Å². The van der Waals surface area contributed by atoms with E-state index in [4.69, 9.17) is 4.74 Å². The Kier molecular flexibility index (Phi) is 2.95. The molecule has 4 heteroatoms. The first-order valence-electron chi connectivity index (χ1n) is 6.36. The second kappa shape index (κ2) is 4.65. The van der Waals surface area contributed by atoms with Crippen molar-refractivity contribution in [3.8, 4) is 5.75 Å². The Hall–Kier alpha value is -2.33. The Morgan fingerprint density at radius 2 is 1.75 bits per heavy atom. The van der Waals surface area contributed by atoms with E-state index in [9.17, 15) is 15.0 Å². The van der Waals surface area contributed by atoms with Crippen molar-refractivity contribution >= 4 is 5.97 Å². The van der Waals surface area contributed by atoms with E-state index in [1.165, 1.54) is 0 Å². The molecule has 1 aliphatic heterocycles. The number of hydrogen-bond acceptors (Lipinski definition) is 3. The zero-order valence-electron chi connectivity index (χ0n) is 10.7. The highest BCUT2D eigenvalue weighted by molar-refractivity contribution is 5.71. The molecule has 1 aliphatic rings. The number of rotatable bonds is 2. The SMILES string of the molecule is O=C(O)CC1(O)c2ccccc2COc2ccccc21. The topological polar surface area (TPSA) is 66.8 Å². The fourth-order valence-electron chi connectivity index (χ4n) is 2.69. The van der Waals surface area contributed by atoms with Crippen molar-refractivity contribution < 1.29 is 19.7 Å². The number of ether oxygens (including phenoxy) is 1. The first-order chi connectivity index (χ1) is 9.61. The van der Waals surface area contributed by atoms with E-state index >= 15 is 0 Å². The monoisotopic (exact) mass is 270 g/mol. The smallest absolute Gasteiger partial charge is 0.307 e. The van der Waals surface area contributed by atoms with Gasteiger partial charge in [-0.1, -0.05) is 42.5 Å². The van der Waals surface area contributed by atoms with Crippen molar-refractivity contribution in [1.29, 1.82) is 0 Å². The van der Waals surface area contributed by atoms with Gasteiger partial charge in [0, 0.05) is 5.56 Å². The number of carboxylic acids is 1. The number of para-hydroxylation sites is 1. The third kappa shape index (κ3) is 1.94. The molecule has 3 rings (SSSR count). The molecule has 0 radical (unpaired) electrons. The molecule has 1 heterocycles. The van der Waals surface area contributed by atoms with Gasteiger partial charge in [-0.25, -0.2) is 0 Å². The fraction of sp³-hybridized carbons (Fsp3) is 0.188. The summed E-state index contributed by atoms with van der Waals surface area (Å²) in [7, 11) is 0. The van der Waals surface area contributed by atoms with E-state index in [-0.39, 0.29) is 0 Å². The third-order valence-corrected chi connectivity index (χ3v) is 3.59. The summed E-state index contributed by atoms with van der Waals surface area (Å²) >= 11 is 0. The van der Waals surface area contributed by atoms with E-state index in [1.54, 1.807) is 36.4 Å². The standard InChI is InChI=1S/C16H14O4/c17-15(18)9-16(19)12-6-2-1-5-11(12)10-20-14-8-4-3-7-13(14)16/h1-8,19H,9-10H2,(H,17,18). The Morgan fingerprint density at radius 1 is 1.10 bits per heavy atom. The lowest BCUT2D eigenvalue weighted by Crippen LogP contribution is -2.31. The lowest BCUT2D eigenvalue weighted by molar-refractivity contribution is -0.141. The Labute approximate surface area is 116 Å². The average molecular weight is 270 g/mol. The summed E-state index contributed by atoms with van der Waals surface area (Å²) in [5, 5.41) is 20.2. The highest BCUT2D eigenvalue weighted by Crippen LogP contribution is 2.42. The second-order valence-electron chi connectivity index (χ2n) is 4.87. The molecule has 20 heavy (non-hydrogen) atoms. The van der Waals surface area contributed by atoms with Crippen LogP contribution in [-0.4, -0.2) is 16.2 Å². The summed E-state index contributed by atoms with van der Waals surface area (Å²) in [6.45, 7) is 0.315. The number of benzene rings is 2. The molecule has 0 aromatic heterocycles. The van der Waals surface area contributed by atoms with Crippen molar-refractivity contribution in [3.05, 3.63) is 65.2 Å². The minimum atomic E-state index is -1.57. The van der Waals surface area contributed by atoms with Gasteiger partial charge >= 0.3 is 5.97 Å². The Morgan fingerprint density at radius 3 is 2.50 bits per heavy atom. The van der Waals surface area contributed by atoms with Crippen molar-refractivity contribution in [2.75, 3.05) is 0 Å². The van der Waals surface area contributed by atoms with Gasteiger partial charge in [0.1, 0.15) is 18.0 Å². The van der Waals surface area contributed by atoms with Crippen LogP contribution in [0.25, 0.3) is 0 Å². The van der Waals surface area contributed by atoms with E-state index < -0.39 is 18.0 Å². The molecule has 1 unspecified atom stereocenters. The number of aliphatic hydroxyl groups is 1. The predicted octanol–water partition coefficient (Wildman–Crippen LogP) is 2.29. The van der Waals surface area contributed by atoms with Crippen LogP contribution < -0.4 is 4.74 Å². The van der Waals surface area contributed by atoms with Crippen molar-refractivity contribution in [2.24, 2.45) is 0 Å². The molecule has 0 fully saturated rings. The van der Waals surface area contributed by atoms with E-state index in [2.05, 4.69) is 0 Å². The zero-order chi connectivity index (χ0) is 14.2. The maximum Gasteiger partial charge on any atom is 0.307 e. The van der Waals surface area contributed by atoms with Gasteiger partial charge < -0.3 is 14.9 Å². The van der Waals surface area contributed by atoms with Crippen LogP contribution >= 0.6 is 0 Å². The van der Waals surface area contributed by atoms with Crippen LogP contribution in [-0.2, 0) is 17.0 Å². The maximum atomic E-state index is 11.2. The molecule has 2 aromatic carbocycles. The maximum absolute atomic E-state index is 11.2. The number of hydrogen-bond donors (Lipinski definition) is 2. The highest BCUT2D eigenvalue weighted by atomic mass is 16.5. The fourth-order valence-corrected chi connectivity index (χ4v) is 2.69. The number of aliphatic carboxylic acids is 1. The molecular formula is C16H14O4. The number of carboxylic acid groups (broad SMARTS) is 1. The van der Waals surface area contributed by atoms with Crippen LogP contribution in [0.15, 0.2) is 48.5 Å². The van der Waals surface area contributed by atoms with Crippen molar-refractivity contribution in [1.82, 2.24) is 0 Å². The molecule has 0 saturated heterocycles. The van der Waals surface area contributed by atoms with E-state index in [0.717, 1.165) is 5.56 Å². The normalized spacial score (nSPS) is 20.2. The van der Waals surface area contributed by atoms with Gasteiger partial charge in [0.15, 0.2) is 0 Å². The Balaban J connectivity index is 2.26.